The minimum absolute atomic E-state index is 0.653. The number of hydrogen-bond acceptors (Lipinski definition) is 1. The normalized spacial score (nSPS) is 54.0. The van der Waals surface area contributed by atoms with E-state index in [1.54, 1.807) is 19.3 Å². The Morgan fingerprint density at radius 2 is 1.82 bits per heavy atom. The minimum atomic E-state index is 0.653. The van der Waals surface area contributed by atoms with Gasteiger partial charge in [0.25, 0.3) is 0 Å². The molecule has 6 unspecified atom stereocenters. The largest absolute Gasteiger partial charge is 0.313 e. The third-order valence-corrected chi connectivity index (χ3v) is 6.77. The summed E-state index contributed by atoms with van der Waals surface area (Å²) in [7, 11) is 0. The van der Waals surface area contributed by atoms with E-state index in [1.807, 2.05) is 0 Å². The molecule has 0 spiro atoms. The minimum Gasteiger partial charge on any atom is -0.313 e. The Morgan fingerprint density at radius 1 is 1.06 bits per heavy atom. The molecule has 0 aliphatic heterocycles. The van der Waals surface area contributed by atoms with Gasteiger partial charge in [0.2, 0.25) is 0 Å². The van der Waals surface area contributed by atoms with E-state index in [-0.39, 0.29) is 0 Å². The van der Waals surface area contributed by atoms with Gasteiger partial charge in [0.05, 0.1) is 0 Å². The molecule has 96 valence electrons. The summed E-state index contributed by atoms with van der Waals surface area (Å²) in [6, 6.07) is 0.899. The second-order valence-electron chi connectivity index (χ2n) is 8.06. The van der Waals surface area contributed by atoms with Crippen molar-refractivity contribution in [3.63, 3.8) is 0 Å². The van der Waals surface area contributed by atoms with Crippen LogP contribution in [0, 0.1) is 35.0 Å². The van der Waals surface area contributed by atoms with Crippen LogP contribution in [0.5, 0.6) is 0 Å². The molecule has 4 fully saturated rings. The Labute approximate surface area is 106 Å². The lowest BCUT2D eigenvalue weighted by Crippen LogP contribution is -2.40. The summed E-state index contributed by atoms with van der Waals surface area (Å²) in [6.45, 7) is 6.15. The highest BCUT2D eigenvalue weighted by atomic mass is 15.0. The van der Waals surface area contributed by atoms with Crippen LogP contribution in [0.1, 0.15) is 52.4 Å². The first-order valence-electron chi connectivity index (χ1n) is 7.88. The lowest BCUT2D eigenvalue weighted by Gasteiger charge is -2.32. The maximum absolute atomic E-state index is 3.94. The summed E-state index contributed by atoms with van der Waals surface area (Å²) in [5.41, 5.74) is 0.653. The van der Waals surface area contributed by atoms with Crippen molar-refractivity contribution in [3.05, 3.63) is 0 Å². The van der Waals surface area contributed by atoms with Crippen molar-refractivity contribution in [3.8, 4) is 0 Å². The lowest BCUT2D eigenvalue weighted by molar-refractivity contribution is 0.206. The van der Waals surface area contributed by atoms with E-state index < -0.39 is 0 Å². The molecule has 1 N–H and O–H groups in total. The van der Waals surface area contributed by atoms with Crippen LogP contribution in [0.15, 0.2) is 0 Å². The van der Waals surface area contributed by atoms with Gasteiger partial charge in [-0.1, -0.05) is 20.3 Å². The van der Waals surface area contributed by atoms with Crippen molar-refractivity contribution in [2.24, 2.45) is 35.0 Å². The van der Waals surface area contributed by atoms with Gasteiger partial charge in [-0.05, 0) is 73.7 Å². The second kappa shape index (κ2) is 3.50. The van der Waals surface area contributed by atoms with E-state index in [1.165, 1.54) is 25.8 Å². The third kappa shape index (κ3) is 1.61. The number of nitrogens with one attached hydrogen (secondary N) is 1. The van der Waals surface area contributed by atoms with Gasteiger partial charge in [0.15, 0.2) is 0 Å². The number of hydrogen-bond donors (Lipinski definition) is 1. The fourth-order valence-corrected chi connectivity index (χ4v) is 5.52. The van der Waals surface area contributed by atoms with Gasteiger partial charge in [0.1, 0.15) is 0 Å². The molecule has 0 amide bonds. The molecule has 0 radical (unpaired) electrons. The van der Waals surface area contributed by atoms with Gasteiger partial charge < -0.3 is 5.32 Å². The molecule has 0 saturated heterocycles. The Morgan fingerprint density at radius 3 is 2.59 bits per heavy atom. The van der Waals surface area contributed by atoms with Gasteiger partial charge in [-0.3, -0.25) is 0 Å². The van der Waals surface area contributed by atoms with Gasteiger partial charge in [-0.2, -0.15) is 0 Å². The highest BCUT2D eigenvalue weighted by Gasteiger charge is 2.54. The van der Waals surface area contributed by atoms with Crippen LogP contribution in [-0.2, 0) is 0 Å². The molecule has 4 saturated carbocycles. The summed E-state index contributed by atoms with van der Waals surface area (Å²) < 4.78 is 0. The molecular weight excluding hydrogens is 206 g/mol. The molecule has 1 nitrogen and oxygen atoms in total. The summed E-state index contributed by atoms with van der Waals surface area (Å²) in [5, 5.41) is 3.94. The molecule has 4 aliphatic rings. The predicted molar refractivity (Wildman–Crippen MR) is 70.7 cm³/mol. The highest BCUT2D eigenvalue weighted by Crippen LogP contribution is 2.59. The zero-order valence-corrected chi connectivity index (χ0v) is 11.4. The molecule has 0 aromatic carbocycles. The molecular formula is C16H27N. The van der Waals surface area contributed by atoms with E-state index in [2.05, 4.69) is 19.2 Å². The Hall–Kier alpha value is -0.0400. The summed E-state index contributed by atoms with van der Waals surface area (Å²) in [5.74, 6) is 5.42. The van der Waals surface area contributed by atoms with Crippen molar-refractivity contribution in [2.75, 3.05) is 6.54 Å². The summed E-state index contributed by atoms with van der Waals surface area (Å²) >= 11 is 0. The maximum Gasteiger partial charge on any atom is 0.0101 e. The molecule has 1 heteroatoms. The first-order valence-corrected chi connectivity index (χ1v) is 7.88. The summed E-state index contributed by atoms with van der Waals surface area (Å²) in [4.78, 5) is 0. The van der Waals surface area contributed by atoms with Crippen molar-refractivity contribution in [2.45, 2.75) is 58.4 Å². The van der Waals surface area contributed by atoms with E-state index >= 15 is 0 Å². The van der Waals surface area contributed by atoms with Gasteiger partial charge in [-0.15, -0.1) is 0 Å². The fraction of sp³-hybridized carbons (Fsp3) is 1.00. The van der Waals surface area contributed by atoms with Gasteiger partial charge >= 0.3 is 0 Å². The number of rotatable bonds is 3. The fourth-order valence-electron chi connectivity index (χ4n) is 5.52. The number of fused-ring (bicyclic) bond motifs is 5. The van der Waals surface area contributed by atoms with Crippen molar-refractivity contribution in [1.82, 2.24) is 5.32 Å². The van der Waals surface area contributed by atoms with Crippen LogP contribution in [0.2, 0.25) is 0 Å². The van der Waals surface area contributed by atoms with Crippen LogP contribution >= 0.6 is 0 Å². The van der Waals surface area contributed by atoms with Crippen LogP contribution < -0.4 is 5.32 Å². The zero-order chi connectivity index (χ0) is 11.6. The standard InChI is InChI=1S/C16H27N/c1-16(2)8-11(16)9-17-15-7-10-6-14(15)13-5-3-4-12(10)13/h10-15,17H,3-9H2,1-2H3. The lowest BCUT2D eigenvalue weighted by atomic mass is 9.79. The smallest absolute Gasteiger partial charge is 0.0101 e. The Balaban J connectivity index is 1.35. The van der Waals surface area contributed by atoms with Crippen molar-refractivity contribution >= 4 is 0 Å². The maximum atomic E-state index is 3.94. The van der Waals surface area contributed by atoms with Crippen LogP contribution in [0.3, 0.4) is 0 Å². The summed E-state index contributed by atoms with van der Waals surface area (Å²) in [6.07, 6.45) is 9.19. The van der Waals surface area contributed by atoms with E-state index in [0.717, 1.165) is 35.6 Å². The topological polar surface area (TPSA) is 12.0 Å². The van der Waals surface area contributed by atoms with Crippen LogP contribution in [-0.4, -0.2) is 12.6 Å². The monoisotopic (exact) mass is 233 g/mol. The molecule has 0 aromatic heterocycles. The van der Waals surface area contributed by atoms with Crippen molar-refractivity contribution in [1.29, 1.82) is 0 Å². The second-order valence-corrected chi connectivity index (χ2v) is 8.06. The SMILES string of the molecule is CC1(C)CC1CNC1CC2CC1C1CCCC21. The first-order chi connectivity index (χ1) is 8.15. The van der Waals surface area contributed by atoms with Crippen LogP contribution in [0.25, 0.3) is 0 Å². The van der Waals surface area contributed by atoms with E-state index in [9.17, 15) is 0 Å². The van der Waals surface area contributed by atoms with Gasteiger partial charge in [0, 0.05) is 6.04 Å². The quantitative estimate of drug-likeness (QED) is 0.787. The van der Waals surface area contributed by atoms with Crippen LogP contribution in [0.4, 0.5) is 0 Å². The highest BCUT2D eigenvalue weighted by molar-refractivity contribution is 5.06. The molecule has 4 aliphatic carbocycles. The first kappa shape index (κ1) is 10.8. The average Bonchev–Trinajstić information content (AvgIpc) is 2.75. The molecule has 0 heterocycles. The Kier molecular flexibility index (Phi) is 2.23. The molecule has 6 atom stereocenters. The molecule has 0 aromatic rings. The Bertz CT molecular complexity index is 321. The van der Waals surface area contributed by atoms with E-state index in [4.69, 9.17) is 0 Å². The molecule has 2 bridgehead atoms. The van der Waals surface area contributed by atoms with Crippen molar-refractivity contribution < 1.29 is 0 Å². The van der Waals surface area contributed by atoms with Gasteiger partial charge in [-0.25, -0.2) is 0 Å². The zero-order valence-electron chi connectivity index (χ0n) is 11.4. The molecule has 17 heavy (non-hydrogen) atoms. The van der Waals surface area contributed by atoms with E-state index in [0.29, 0.717) is 5.41 Å². The third-order valence-electron chi connectivity index (χ3n) is 6.77. The average molecular weight is 233 g/mol. The predicted octanol–water partition coefficient (Wildman–Crippen LogP) is 3.45. The molecule has 4 rings (SSSR count).